The molecule has 21 heavy (non-hydrogen) atoms. The minimum absolute atomic E-state index is 0.00529. The molecule has 3 rings (SSSR count). The van der Waals surface area contributed by atoms with E-state index < -0.39 is 0 Å². The van der Waals surface area contributed by atoms with Crippen LogP contribution in [0.3, 0.4) is 0 Å². The Morgan fingerprint density at radius 3 is 3.10 bits per heavy atom. The number of ketones is 1. The Kier molecular flexibility index (Phi) is 3.83. The minimum Gasteiger partial charge on any atom is -0.497 e. The maximum Gasteiger partial charge on any atom is 0.253 e. The number of hydrogen-bond acceptors (Lipinski definition) is 6. The highest BCUT2D eigenvalue weighted by molar-refractivity contribution is 7.99. The molecule has 0 aliphatic rings. The second kappa shape index (κ2) is 5.92. The van der Waals surface area contributed by atoms with Gasteiger partial charge in [0.2, 0.25) is 5.16 Å². The first kappa shape index (κ1) is 13.6. The van der Waals surface area contributed by atoms with E-state index in [9.17, 15) is 4.79 Å². The Hall–Kier alpha value is -2.41. The van der Waals surface area contributed by atoms with Crippen molar-refractivity contribution >= 4 is 23.3 Å². The smallest absolute Gasteiger partial charge is 0.253 e. The van der Waals surface area contributed by atoms with E-state index in [-0.39, 0.29) is 11.5 Å². The van der Waals surface area contributed by atoms with Gasteiger partial charge in [0.05, 0.1) is 12.9 Å². The predicted octanol–water partition coefficient (Wildman–Crippen LogP) is 2.11. The van der Waals surface area contributed by atoms with Gasteiger partial charge in [0.25, 0.3) is 5.78 Å². The molecule has 0 amide bonds. The summed E-state index contributed by atoms with van der Waals surface area (Å²) in [6.07, 6.45) is 3.42. The SMILES string of the molecule is COc1cccc(C(=O)CSc2nc3ncccn3n2)c1. The molecule has 0 unspecified atom stereocenters. The van der Waals surface area contributed by atoms with Gasteiger partial charge in [-0.05, 0) is 18.2 Å². The fourth-order valence-corrected chi connectivity index (χ4v) is 2.50. The highest BCUT2D eigenvalue weighted by Crippen LogP contribution is 2.18. The van der Waals surface area contributed by atoms with Crippen molar-refractivity contribution in [2.24, 2.45) is 0 Å². The number of carbonyl (C=O) groups excluding carboxylic acids is 1. The van der Waals surface area contributed by atoms with Gasteiger partial charge < -0.3 is 4.74 Å². The van der Waals surface area contributed by atoms with Crippen LogP contribution in [0, 0.1) is 0 Å². The number of thioether (sulfide) groups is 1. The van der Waals surface area contributed by atoms with E-state index in [0.29, 0.717) is 22.2 Å². The van der Waals surface area contributed by atoms with Gasteiger partial charge in [0.1, 0.15) is 5.75 Å². The highest BCUT2D eigenvalue weighted by atomic mass is 32.2. The van der Waals surface area contributed by atoms with E-state index in [1.807, 2.05) is 0 Å². The number of Topliss-reactive ketones (excluding diaryl/α,β-unsaturated/α-hetero) is 1. The first-order valence-corrected chi connectivity index (χ1v) is 7.22. The average Bonchev–Trinajstić information content (AvgIpc) is 2.95. The normalized spacial score (nSPS) is 10.7. The lowest BCUT2D eigenvalue weighted by Crippen LogP contribution is -2.02. The van der Waals surface area contributed by atoms with Gasteiger partial charge in [-0.25, -0.2) is 9.50 Å². The Morgan fingerprint density at radius 1 is 1.38 bits per heavy atom. The summed E-state index contributed by atoms with van der Waals surface area (Å²) in [5.74, 6) is 1.46. The molecule has 6 nitrogen and oxygen atoms in total. The Bertz CT molecular complexity index is 754. The molecule has 0 saturated carbocycles. The zero-order chi connectivity index (χ0) is 14.7. The van der Waals surface area contributed by atoms with E-state index in [2.05, 4.69) is 15.1 Å². The van der Waals surface area contributed by atoms with Gasteiger partial charge in [0.15, 0.2) is 5.78 Å². The molecule has 0 radical (unpaired) electrons. The summed E-state index contributed by atoms with van der Waals surface area (Å²) in [6.45, 7) is 0. The summed E-state index contributed by atoms with van der Waals surface area (Å²) in [7, 11) is 1.58. The number of fused-ring (bicyclic) bond motifs is 1. The van der Waals surface area contributed by atoms with Gasteiger partial charge in [-0.1, -0.05) is 23.9 Å². The monoisotopic (exact) mass is 300 g/mol. The number of hydrogen-bond donors (Lipinski definition) is 0. The van der Waals surface area contributed by atoms with Crippen LogP contribution in [0.4, 0.5) is 0 Å². The molecule has 106 valence electrons. The van der Waals surface area contributed by atoms with Crippen LogP contribution < -0.4 is 4.74 Å². The number of carbonyl (C=O) groups is 1. The molecule has 0 spiro atoms. The molecule has 2 heterocycles. The van der Waals surface area contributed by atoms with Gasteiger partial charge in [-0.2, -0.15) is 4.98 Å². The molecule has 2 aromatic heterocycles. The fourth-order valence-electron chi connectivity index (χ4n) is 1.78. The molecular formula is C14H12N4O2S. The summed E-state index contributed by atoms with van der Waals surface area (Å²) in [5.41, 5.74) is 0.615. The molecule has 0 saturated heterocycles. The Morgan fingerprint density at radius 2 is 2.29 bits per heavy atom. The number of nitrogens with zero attached hydrogens (tertiary/aromatic N) is 4. The summed E-state index contributed by atoms with van der Waals surface area (Å²) in [4.78, 5) is 20.5. The predicted molar refractivity (Wildman–Crippen MR) is 78.8 cm³/mol. The number of aromatic nitrogens is 4. The van der Waals surface area contributed by atoms with Gasteiger partial charge in [-0.15, -0.1) is 5.10 Å². The van der Waals surface area contributed by atoms with E-state index in [1.165, 1.54) is 11.8 Å². The van der Waals surface area contributed by atoms with Crippen LogP contribution in [-0.4, -0.2) is 38.2 Å². The van der Waals surface area contributed by atoms with Crippen LogP contribution in [0.5, 0.6) is 5.75 Å². The molecular weight excluding hydrogens is 288 g/mol. The number of benzene rings is 1. The molecule has 7 heteroatoms. The van der Waals surface area contributed by atoms with Gasteiger partial charge in [0, 0.05) is 18.0 Å². The molecule has 0 fully saturated rings. The van der Waals surface area contributed by atoms with E-state index >= 15 is 0 Å². The maximum atomic E-state index is 12.1. The third-order valence-electron chi connectivity index (χ3n) is 2.82. The Balaban J connectivity index is 1.70. The lowest BCUT2D eigenvalue weighted by Gasteiger charge is -2.02. The van der Waals surface area contributed by atoms with Crippen molar-refractivity contribution < 1.29 is 9.53 Å². The van der Waals surface area contributed by atoms with E-state index in [0.717, 1.165) is 0 Å². The van der Waals surface area contributed by atoms with E-state index in [4.69, 9.17) is 4.74 Å². The van der Waals surface area contributed by atoms with Gasteiger partial charge >= 0.3 is 0 Å². The van der Waals surface area contributed by atoms with E-state index in [1.54, 1.807) is 54.4 Å². The lowest BCUT2D eigenvalue weighted by atomic mass is 10.1. The lowest BCUT2D eigenvalue weighted by molar-refractivity contribution is 0.102. The molecule has 3 aromatic rings. The van der Waals surface area contributed by atoms with Crippen LogP contribution in [0.15, 0.2) is 47.9 Å². The zero-order valence-electron chi connectivity index (χ0n) is 11.3. The van der Waals surface area contributed by atoms with Gasteiger partial charge in [-0.3, -0.25) is 4.79 Å². The quantitative estimate of drug-likeness (QED) is 0.531. The second-order valence-corrected chi connectivity index (χ2v) is 5.14. The summed E-state index contributed by atoms with van der Waals surface area (Å²) in [5, 5.41) is 4.77. The topological polar surface area (TPSA) is 69.4 Å². The third kappa shape index (κ3) is 3.03. The van der Waals surface area contributed by atoms with Crippen molar-refractivity contribution in [3.8, 4) is 5.75 Å². The fraction of sp³-hybridized carbons (Fsp3) is 0.143. The van der Waals surface area contributed by atoms with Crippen molar-refractivity contribution in [3.05, 3.63) is 48.3 Å². The van der Waals surface area contributed by atoms with Crippen LogP contribution in [0.1, 0.15) is 10.4 Å². The summed E-state index contributed by atoms with van der Waals surface area (Å²) in [6, 6.07) is 8.87. The van der Waals surface area contributed by atoms with Crippen LogP contribution in [0.2, 0.25) is 0 Å². The second-order valence-electron chi connectivity index (χ2n) is 4.20. The molecule has 0 aliphatic carbocycles. The number of rotatable bonds is 5. The standard InChI is InChI=1S/C14H12N4O2S/c1-20-11-5-2-4-10(8-11)12(19)9-21-14-16-13-15-6-3-7-18(13)17-14/h2-8H,9H2,1H3. The molecule has 0 bridgehead atoms. The van der Waals surface area contributed by atoms with Crippen molar-refractivity contribution in [3.63, 3.8) is 0 Å². The summed E-state index contributed by atoms with van der Waals surface area (Å²) < 4.78 is 6.69. The maximum absolute atomic E-state index is 12.1. The van der Waals surface area contributed by atoms with Crippen LogP contribution in [0.25, 0.3) is 5.78 Å². The Labute approximate surface area is 125 Å². The first-order chi connectivity index (χ1) is 10.3. The largest absolute Gasteiger partial charge is 0.497 e. The minimum atomic E-state index is 0.00529. The summed E-state index contributed by atoms with van der Waals surface area (Å²) >= 11 is 1.29. The number of ether oxygens (including phenoxy) is 1. The van der Waals surface area contributed by atoms with Crippen molar-refractivity contribution in [2.75, 3.05) is 12.9 Å². The molecule has 1 aromatic carbocycles. The number of methoxy groups -OCH3 is 1. The first-order valence-electron chi connectivity index (χ1n) is 6.24. The average molecular weight is 300 g/mol. The molecule has 0 atom stereocenters. The third-order valence-corrected chi connectivity index (χ3v) is 3.66. The van der Waals surface area contributed by atoms with Crippen LogP contribution in [-0.2, 0) is 0 Å². The van der Waals surface area contributed by atoms with Crippen LogP contribution >= 0.6 is 11.8 Å². The van der Waals surface area contributed by atoms with Crippen molar-refractivity contribution in [1.82, 2.24) is 19.6 Å². The van der Waals surface area contributed by atoms with Crippen molar-refractivity contribution in [1.29, 1.82) is 0 Å². The van der Waals surface area contributed by atoms with Crippen molar-refractivity contribution in [2.45, 2.75) is 5.16 Å². The molecule has 0 aliphatic heterocycles. The molecule has 0 N–H and O–H groups in total. The zero-order valence-corrected chi connectivity index (χ0v) is 12.1. The highest BCUT2D eigenvalue weighted by Gasteiger charge is 2.10.